The van der Waals surface area contributed by atoms with Crippen molar-refractivity contribution in [2.24, 2.45) is 0 Å². The molecule has 6 nitrogen and oxygen atoms in total. The Labute approximate surface area is 151 Å². The molecule has 0 saturated heterocycles. The number of carbonyl (C=O) groups is 2. The fourth-order valence-electron chi connectivity index (χ4n) is 2.67. The highest BCUT2D eigenvalue weighted by molar-refractivity contribution is 5.95. The van der Waals surface area contributed by atoms with Crippen molar-refractivity contribution in [1.82, 2.24) is 10.2 Å². The first kappa shape index (κ1) is 17.5. The summed E-state index contributed by atoms with van der Waals surface area (Å²) in [6, 6.07) is 15.6. The molecule has 2 heterocycles. The summed E-state index contributed by atoms with van der Waals surface area (Å²) in [4.78, 5) is 26.8. The molecule has 3 rings (SSSR count). The zero-order valence-corrected chi connectivity index (χ0v) is 14.4. The molecule has 0 aliphatic rings. The van der Waals surface area contributed by atoms with Gasteiger partial charge in [-0.1, -0.05) is 30.3 Å². The van der Waals surface area contributed by atoms with Gasteiger partial charge in [0, 0.05) is 13.5 Å². The monoisotopic (exact) mass is 352 g/mol. The zero-order chi connectivity index (χ0) is 18.4. The number of rotatable bonds is 7. The Bertz CT molecular complexity index is 826. The van der Waals surface area contributed by atoms with Crippen molar-refractivity contribution < 1.29 is 18.4 Å². The standard InChI is InChI=1S/C20H20N2O4/c1-22(14-16-9-5-11-25-16)20(24)17(13-15-7-3-2-4-8-15)21-19(23)18-10-6-12-26-18/h2-12,17H,13-14H2,1H3,(H,21,23)/t17-/m0/s1. The molecule has 26 heavy (non-hydrogen) atoms. The summed E-state index contributed by atoms with van der Waals surface area (Å²) in [6.07, 6.45) is 3.37. The molecule has 0 aliphatic heterocycles. The minimum Gasteiger partial charge on any atom is -0.467 e. The molecule has 0 bridgehead atoms. The second-order valence-electron chi connectivity index (χ2n) is 5.97. The second kappa shape index (κ2) is 8.20. The normalized spacial score (nSPS) is 11.7. The minimum atomic E-state index is -0.713. The van der Waals surface area contributed by atoms with Gasteiger partial charge in [0.1, 0.15) is 11.8 Å². The van der Waals surface area contributed by atoms with E-state index < -0.39 is 11.9 Å². The second-order valence-corrected chi connectivity index (χ2v) is 5.97. The molecule has 0 unspecified atom stereocenters. The maximum Gasteiger partial charge on any atom is 0.287 e. The fraction of sp³-hybridized carbons (Fsp3) is 0.200. The van der Waals surface area contributed by atoms with Crippen molar-refractivity contribution in [3.8, 4) is 0 Å². The van der Waals surface area contributed by atoms with E-state index in [1.54, 1.807) is 37.6 Å². The van der Waals surface area contributed by atoms with E-state index in [1.807, 2.05) is 30.3 Å². The van der Waals surface area contributed by atoms with Crippen LogP contribution in [0.1, 0.15) is 21.9 Å². The van der Waals surface area contributed by atoms with E-state index in [1.165, 1.54) is 11.2 Å². The van der Waals surface area contributed by atoms with E-state index in [0.29, 0.717) is 18.7 Å². The third-order valence-electron chi connectivity index (χ3n) is 3.98. The predicted molar refractivity (Wildman–Crippen MR) is 95.3 cm³/mol. The number of hydrogen-bond donors (Lipinski definition) is 1. The summed E-state index contributed by atoms with van der Waals surface area (Å²) in [5.74, 6) is 0.224. The van der Waals surface area contributed by atoms with Crippen molar-refractivity contribution in [2.45, 2.75) is 19.0 Å². The van der Waals surface area contributed by atoms with E-state index in [9.17, 15) is 9.59 Å². The summed E-state index contributed by atoms with van der Waals surface area (Å²) < 4.78 is 10.4. The van der Waals surface area contributed by atoms with Crippen molar-refractivity contribution in [3.63, 3.8) is 0 Å². The van der Waals surface area contributed by atoms with Crippen LogP contribution in [0.4, 0.5) is 0 Å². The smallest absolute Gasteiger partial charge is 0.287 e. The number of hydrogen-bond acceptors (Lipinski definition) is 4. The Balaban J connectivity index is 1.74. The summed E-state index contributed by atoms with van der Waals surface area (Å²) in [6.45, 7) is 0.327. The van der Waals surface area contributed by atoms with Gasteiger partial charge in [-0.15, -0.1) is 0 Å². The van der Waals surface area contributed by atoms with Gasteiger partial charge in [0.05, 0.1) is 19.1 Å². The molecule has 1 N–H and O–H groups in total. The zero-order valence-electron chi connectivity index (χ0n) is 14.4. The molecule has 3 aromatic rings. The SMILES string of the molecule is CN(Cc1ccco1)C(=O)[C@H](Cc1ccccc1)NC(=O)c1ccco1. The van der Waals surface area contributed by atoms with E-state index in [2.05, 4.69) is 5.32 Å². The van der Waals surface area contributed by atoms with Crippen molar-refractivity contribution >= 4 is 11.8 Å². The first-order valence-electron chi connectivity index (χ1n) is 8.29. The number of nitrogens with zero attached hydrogens (tertiary/aromatic N) is 1. The van der Waals surface area contributed by atoms with Crippen molar-refractivity contribution in [2.75, 3.05) is 7.05 Å². The maximum atomic E-state index is 12.9. The lowest BCUT2D eigenvalue weighted by atomic mass is 10.0. The van der Waals surface area contributed by atoms with Crippen LogP contribution in [0.3, 0.4) is 0 Å². The van der Waals surface area contributed by atoms with Gasteiger partial charge in [0.25, 0.3) is 5.91 Å². The highest BCUT2D eigenvalue weighted by atomic mass is 16.3. The Morgan fingerprint density at radius 2 is 1.73 bits per heavy atom. The molecule has 0 saturated carbocycles. The van der Waals surface area contributed by atoms with Gasteiger partial charge in [0.15, 0.2) is 5.76 Å². The summed E-state index contributed by atoms with van der Waals surface area (Å²) >= 11 is 0. The van der Waals surface area contributed by atoms with Gasteiger partial charge >= 0.3 is 0 Å². The summed E-state index contributed by atoms with van der Waals surface area (Å²) in [5.41, 5.74) is 0.956. The Morgan fingerprint density at radius 3 is 2.38 bits per heavy atom. The number of nitrogens with one attached hydrogen (secondary N) is 1. The lowest BCUT2D eigenvalue weighted by molar-refractivity contribution is -0.132. The van der Waals surface area contributed by atoms with Gasteiger partial charge in [-0.05, 0) is 29.8 Å². The van der Waals surface area contributed by atoms with E-state index in [0.717, 1.165) is 5.56 Å². The van der Waals surface area contributed by atoms with Crippen LogP contribution in [-0.4, -0.2) is 29.8 Å². The first-order chi connectivity index (χ1) is 12.6. The van der Waals surface area contributed by atoms with Gasteiger partial charge in [-0.25, -0.2) is 0 Å². The van der Waals surface area contributed by atoms with Crippen LogP contribution in [0.2, 0.25) is 0 Å². The number of furan rings is 2. The lowest BCUT2D eigenvalue weighted by Crippen LogP contribution is -2.48. The number of amides is 2. The summed E-state index contributed by atoms with van der Waals surface area (Å²) in [5, 5.41) is 2.77. The van der Waals surface area contributed by atoms with E-state index >= 15 is 0 Å². The van der Waals surface area contributed by atoms with Crippen LogP contribution in [0, 0.1) is 0 Å². The fourth-order valence-corrected chi connectivity index (χ4v) is 2.67. The summed E-state index contributed by atoms with van der Waals surface area (Å²) in [7, 11) is 1.68. The molecule has 1 atom stereocenters. The molecule has 0 spiro atoms. The van der Waals surface area contributed by atoms with Crippen LogP contribution in [0.15, 0.2) is 76.0 Å². The predicted octanol–water partition coefficient (Wildman–Crippen LogP) is 2.87. The molecular weight excluding hydrogens is 332 g/mol. The highest BCUT2D eigenvalue weighted by Gasteiger charge is 2.26. The molecule has 6 heteroatoms. The van der Waals surface area contributed by atoms with Crippen molar-refractivity contribution in [3.05, 3.63) is 84.2 Å². The lowest BCUT2D eigenvalue weighted by Gasteiger charge is -2.24. The van der Waals surface area contributed by atoms with Crippen LogP contribution >= 0.6 is 0 Å². The maximum absolute atomic E-state index is 12.9. The van der Waals surface area contributed by atoms with E-state index in [-0.39, 0.29) is 11.7 Å². The molecule has 2 aromatic heterocycles. The van der Waals surface area contributed by atoms with Gasteiger partial charge in [-0.3, -0.25) is 9.59 Å². The molecule has 2 amide bonds. The number of benzene rings is 1. The Morgan fingerprint density at radius 1 is 1.00 bits per heavy atom. The molecule has 134 valence electrons. The van der Waals surface area contributed by atoms with Crippen LogP contribution in [0.5, 0.6) is 0 Å². The largest absolute Gasteiger partial charge is 0.467 e. The Kier molecular flexibility index (Phi) is 5.53. The molecule has 1 aromatic carbocycles. The van der Waals surface area contributed by atoms with Crippen molar-refractivity contribution in [1.29, 1.82) is 0 Å². The third-order valence-corrected chi connectivity index (χ3v) is 3.98. The van der Waals surface area contributed by atoms with E-state index in [4.69, 9.17) is 8.83 Å². The average Bonchev–Trinajstić information content (AvgIpc) is 3.35. The Hall–Kier alpha value is -3.28. The highest BCUT2D eigenvalue weighted by Crippen LogP contribution is 2.10. The third kappa shape index (κ3) is 4.42. The average molecular weight is 352 g/mol. The molecule has 0 radical (unpaired) electrons. The van der Waals surface area contributed by atoms with Gasteiger partial charge < -0.3 is 19.1 Å². The quantitative estimate of drug-likeness (QED) is 0.709. The minimum absolute atomic E-state index is 0.171. The van der Waals surface area contributed by atoms with Gasteiger partial charge in [-0.2, -0.15) is 0 Å². The molecular formula is C20H20N2O4. The first-order valence-corrected chi connectivity index (χ1v) is 8.29. The van der Waals surface area contributed by atoms with Crippen LogP contribution < -0.4 is 5.32 Å². The topological polar surface area (TPSA) is 75.7 Å². The van der Waals surface area contributed by atoms with Crippen LogP contribution in [-0.2, 0) is 17.8 Å². The molecule has 0 fully saturated rings. The molecule has 0 aliphatic carbocycles. The van der Waals surface area contributed by atoms with Crippen LogP contribution in [0.25, 0.3) is 0 Å². The number of carbonyl (C=O) groups excluding carboxylic acids is 2. The van der Waals surface area contributed by atoms with Gasteiger partial charge in [0.2, 0.25) is 5.91 Å². The number of likely N-dealkylation sites (N-methyl/N-ethyl adjacent to an activating group) is 1.